The van der Waals surface area contributed by atoms with Gasteiger partial charge in [-0.1, -0.05) is 42.5 Å². The molecule has 3 aromatic rings. The van der Waals surface area contributed by atoms with Gasteiger partial charge in [0.15, 0.2) is 0 Å². The van der Waals surface area contributed by atoms with Crippen molar-refractivity contribution in [1.29, 1.82) is 0 Å². The van der Waals surface area contributed by atoms with Gasteiger partial charge in [-0.3, -0.25) is 9.59 Å². The number of ether oxygens (including phenoxy) is 1. The molecule has 0 radical (unpaired) electrons. The predicted octanol–water partition coefficient (Wildman–Crippen LogP) is 3.31. The monoisotopic (exact) mass is 429 g/mol. The van der Waals surface area contributed by atoms with E-state index < -0.39 is 17.8 Å². The van der Waals surface area contributed by atoms with E-state index in [0.717, 1.165) is 16.8 Å². The van der Waals surface area contributed by atoms with Gasteiger partial charge in [-0.25, -0.2) is 4.79 Å². The fourth-order valence-corrected chi connectivity index (χ4v) is 3.86. The minimum absolute atomic E-state index is 0.150. The van der Waals surface area contributed by atoms with Gasteiger partial charge >= 0.3 is 5.97 Å². The molecule has 4 rings (SSSR count). The molecule has 1 atom stereocenters. The number of carbonyl (C=O) groups excluding carboxylic acids is 3. The van der Waals surface area contributed by atoms with Crippen LogP contribution in [0.25, 0.3) is 0 Å². The Hall–Kier alpha value is -4.13. The molecule has 1 aliphatic heterocycles. The molecular formula is C25H23N3O4. The van der Waals surface area contributed by atoms with Crippen molar-refractivity contribution in [3.8, 4) is 0 Å². The first kappa shape index (κ1) is 21.1. The number of methoxy groups -OCH3 is 1. The Morgan fingerprint density at radius 2 is 1.72 bits per heavy atom. The predicted molar refractivity (Wildman–Crippen MR) is 122 cm³/mol. The summed E-state index contributed by atoms with van der Waals surface area (Å²) in [4.78, 5) is 38.6. The summed E-state index contributed by atoms with van der Waals surface area (Å²) in [5.74, 6) is -1.51. The number of carbonyl (C=O) groups is 3. The third kappa shape index (κ3) is 4.32. The number of benzene rings is 3. The van der Waals surface area contributed by atoms with Crippen molar-refractivity contribution < 1.29 is 19.1 Å². The van der Waals surface area contributed by atoms with Gasteiger partial charge in [-0.05, 0) is 41.5 Å². The Bertz CT molecular complexity index is 1160. The van der Waals surface area contributed by atoms with Crippen LogP contribution in [0.4, 0.5) is 11.4 Å². The Morgan fingerprint density at radius 1 is 1.03 bits per heavy atom. The normalized spacial score (nSPS) is 15.3. The third-order valence-electron chi connectivity index (χ3n) is 5.55. The lowest BCUT2D eigenvalue weighted by molar-refractivity contribution is -0.117. The summed E-state index contributed by atoms with van der Waals surface area (Å²) in [6, 6.07) is 21.8. The van der Waals surface area contributed by atoms with Gasteiger partial charge in [0, 0.05) is 18.7 Å². The molecule has 162 valence electrons. The molecule has 0 aromatic heterocycles. The van der Waals surface area contributed by atoms with Crippen LogP contribution in [0.2, 0.25) is 0 Å². The number of nitrogens with two attached hydrogens (primary N) is 1. The lowest BCUT2D eigenvalue weighted by atomic mass is 9.97. The van der Waals surface area contributed by atoms with Gasteiger partial charge < -0.3 is 20.7 Å². The van der Waals surface area contributed by atoms with Gasteiger partial charge in [-0.2, -0.15) is 0 Å². The summed E-state index contributed by atoms with van der Waals surface area (Å²) in [5.41, 5.74) is 9.43. The van der Waals surface area contributed by atoms with Crippen LogP contribution in [0.5, 0.6) is 0 Å². The summed E-state index contributed by atoms with van der Waals surface area (Å²) in [6.07, 6.45) is 0. The second-order valence-electron chi connectivity index (χ2n) is 7.62. The van der Waals surface area contributed by atoms with Crippen LogP contribution in [0.1, 0.15) is 37.8 Å². The topological polar surface area (TPSA) is 102 Å². The molecule has 7 nitrogen and oxygen atoms in total. The maximum absolute atomic E-state index is 13.1. The summed E-state index contributed by atoms with van der Waals surface area (Å²) in [6.45, 7) is 0.945. The van der Waals surface area contributed by atoms with Gasteiger partial charge in [-0.15, -0.1) is 0 Å². The fourth-order valence-electron chi connectivity index (χ4n) is 3.86. The van der Waals surface area contributed by atoms with Crippen molar-refractivity contribution in [2.75, 3.05) is 23.9 Å². The molecule has 32 heavy (non-hydrogen) atoms. The molecular weight excluding hydrogens is 406 g/mol. The molecule has 0 saturated heterocycles. The molecule has 1 aliphatic rings. The second-order valence-corrected chi connectivity index (χ2v) is 7.62. The Kier molecular flexibility index (Phi) is 5.89. The Labute approximate surface area is 185 Å². The quantitative estimate of drug-likeness (QED) is 0.606. The number of esters is 1. The van der Waals surface area contributed by atoms with E-state index >= 15 is 0 Å². The van der Waals surface area contributed by atoms with Crippen molar-refractivity contribution in [1.82, 2.24) is 0 Å². The van der Waals surface area contributed by atoms with E-state index in [1.807, 2.05) is 42.5 Å². The zero-order valence-electron chi connectivity index (χ0n) is 17.6. The van der Waals surface area contributed by atoms with Crippen LogP contribution < -0.4 is 16.0 Å². The average molecular weight is 429 g/mol. The molecule has 0 fully saturated rings. The number of nitrogens with one attached hydrogen (secondary N) is 1. The van der Waals surface area contributed by atoms with Gasteiger partial charge in [0.25, 0.3) is 0 Å². The van der Waals surface area contributed by atoms with Crippen molar-refractivity contribution in [2.24, 2.45) is 5.73 Å². The number of anilines is 2. The third-order valence-corrected chi connectivity index (χ3v) is 5.55. The molecule has 3 N–H and O–H groups in total. The van der Waals surface area contributed by atoms with E-state index in [1.165, 1.54) is 7.11 Å². The summed E-state index contributed by atoms with van der Waals surface area (Å²) < 4.78 is 4.76. The lowest BCUT2D eigenvalue weighted by Crippen LogP contribution is -2.30. The molecule has 0 saturated carbocycles. The van der Waals surface area contributed by atoms with Gasteiger partial charge in [0.1, 0.15) is 0 Å². The Balaban J connectivity index is 1.71. The first-order chi connectivity index (χ1) is 15.5. The molecule has 0 spiro atoms. The highest BCUT2D eigenvalue weighted by Gasteiger charge is 2.29. The SMILES string of the molecule is COC(=O)c1ccc(CN2CC(c3ccccc3)C(=O)Nc3cc(C(N)=O)ccc32)cc1. The van der Waals surface area contributed by atoms with Crippen LogP contribution in [0, 0.1) is 0 Å². The summed E-state index contributed by atoms with van der Waals surface area (Å²) >= 11 is 0. The highest BCUT2D eigenvalue weighted by atomic mass is 16.5. The van der Waals surface area contributed by atoms with Crippen molar-refractivity contribution >= 4 is 29.2 Å². The van der Waals surface area contributed by atoms with E-state index in [0.29, 0.717) is 29.9 Å². The highest BCUT2D eigenvalue weighted by molar-refractivity contribution is 6.03. The smallest absolute Gasteiger partial charge is 0.337 e. The standard InChI is InChI=1S/C25H23N3O4/c1-32-25(31)18-9-7-16(8-10-18)14-28-15-20(17-5-3-2-4-6-17)24(30)27-21-13-19(23(26)29)11-12-22(21)28/h2-13,20H,14-15H2,1H3,(H2,26,29)(H,27,30). The average Bonchev–Trinajstić information content (AvgIpc) is 2.95. The lowest BCUT2D eigenvalue weighted by Gasteiger charge is -2.27. The molecule has 3 aromatic carbocycles. The number of nitrogens with zero attached hydrogens (tertiary/aromatic N) is 1. The Morgan fingerprint density at radius 3 is 2.38 bits per heavy atom. The number of fused-ring (bicyclic) bond motifs is 1. The molecule has 0 bridgehead atoms. The zero-order valence-corrected chi connectivity index (χ0v) is 17.6. The minimum Gasteiger partial charge on any atom is -0.465 e. The van der Waals surface area contributed by atoms with Crippen molar-refractivity contribution in [3.63, 3.8) is 0 Å². The molecule has 2 amide bonds. The van der Waals surface area contributed by atoms with Crippen LogP contribution in [0.3, 0.4) is 0 Å². The van der Waals surface area contributed by atoms with Crippen molar-refractivity contribution in [2.45, 2.75) is 12.5 Å². The minimum atomic E-state index is -0.559. The van der Waals surface area contributed by atoms with Crippen LogP contribution in [0.15, 0.2) is 72.8 Å². The maximum atomic E-state index is 13.1. The van der Waals surface area contributed by atoms with Crippen molar-refractivity contribution in [3.05, 3.63) is 95.1 Å². The summed E-state index contributed by atoms with van der Waals surface area (Å²) in [7, 11) is 1.35. The van der Waals surface area contributed by atoms with Gasteiger partial charge in [0.2, 0.25) is 11.8 Å². The van der Waals surface area contributed by atoms with E-state index in [2.05, 4.69) is 10.2 Å². The van der Waals surface area contributed by atoms with Crippen LogP contribution in [-0.4, -0.2) is 31.4 Å². The van der Waals surface area contributed by atoms with E-state index in [1.54, 1.807) is 30.3 Å². The summed E-state index contributed by atoms with van der Waals surface area (Å²) in [5, 5.41) is 2.96. The number of rotatable bonds is 5. The molecule has 1 heterocycles. The second kappa shape index (κ2) is 8.93. The molecule has 7 heteroatoms. The molecule has 0 aliphatic carbocycles. The number of primary amides is 1. The molecule has 1 unspecified atom stereocenters. The van der Waals surface area contributed by atoms with Crippen LogP contribution in [-0.2, 0) is 16.1 Å². The number of amides is 2. The van der Waals surface area contributed by atoms with Crippen LogP contribution >= 0.6 is 0 Å². The number of hydrogen-bond donors (Lipinski definition) is 2. The van der Waals surface area contributed by atoms with E-state index in [4.69, 9.17) is 10.5 Å². The van der Waals surface area contributed by atoms with E-state index in [-0.39, 0.29) is 5.91 Å². The van der Waals surface area contributed by atoms with Gasteiger partial charge in [0.05, 0.1) is 30.0 Å². The first-order valence-electron chi connectivity index (χ1n) is 10.2. The maximum Gasteiger partial charge on any atom is 0.337 e. The van der Waals surface area contributed by atoms with E-state index in [9.17, 15) is 14.4 Å². The largest absolute Gasteiger partial charge is 0.465 e. The first-order valence-corrected chi connectivity index (χ1v) is 10.2. The fraction of sp³-hybridized carbons (Fsp3) is 0.160. The number of hydrogen-bond acceptors (Lipinski definition) is 5. The zero-order chi connectivity index (χ0) is 22.7. The highest BCUT2D eigenvalue weighted by Crippen LogP contribution is 2.35.